The van der Waals surface area contributed by atoms with E-state index in [0.29, 0.717) is 13.0 Å². The van der Waals surface area contributed by atoms with E-state index >= 15 is 0 Å². The van der Waals surface area contributed by atoms with Crippen LogP contribution in [-0.4, -0.2) is 89.3 Å². The van der Waals surface area contributed by atoms with E-state index in [-0.39, 0.29) is 55.0 Å². The van der Waals surface area contributed by atoms with Crippen LogP contribution in [0.3, 0.4) is 0 Å². The van der Waals surface area contributed by atoms with Crippen LogP contribution in [0.2, 0.25) is 0 Å². The van der Waals surface area contributed by atoms with Gasteiger partial charge in [-0.2, -0.15) is 0 Å². The van der Waals surface area contributed by atoms with E-state index < -0.39 is 24.3 Å². The molecular formula is C34H46ClN5O4. The van der Waals surface area contributed by atoms with Crippen LogP contribution < -0.4 is 10.6 Å². The number of halogens is 1. The van der Waals surface area contributed by atoms with Crippen molar-refractivity contribution >= 4 is 36.0 Å². The molecule has 1 saturated carbocycles. The van der Waals surface area contributed by atoms with Crippen LogP contribution in [0, 0.1) is 5.92 Å². The quantitative estimate of drug-likeness (QED) is 0.401. The fourth-order valence-electron chi connectivity index (χ4n) is 6.84. The Morgan fingerprint density at radius 2 is 1.57 bits per heavy atom. The number of carbonyl (C=O) groups excluding carboxylic acids is 4. The standard InChI is InChI=1S/C34H45N5O4.ClH/c1-24(35-2)32(41)36-31(27-18-10-5-11-19-27)34(43)38-23-30(40)39-28(21-26-15-8-4-9-16-26)33(42)37(22-29(38)39)20-12-17-25-13-6-3-7-14-25;/h3-4,6-9,13-16,24,27-29,31,35H,5,10-12,17-23H2,1-2H3,(H,36,41);1H/t24?,28-,29+,31-;/m0./s1. The molecule has 0 radical (unpaired) electrons. The molecular weight excluding hydrogens is 578 g/mol. The van der Waals surface area contributed by atoms with Crippen LogP contribution in [-0.2, 0) is 32.0 Å². The number of rotatable bonds is 11. The Morgan fingerprint density at radius 1 is 0.932 bits per heavy atom. The molecule has 238 valence electrons. The predicted octanol–water partition coefficient (Wildman–Crippen LogP) is 3.16. The summed E-state index contributed by atoms with van der Waals surface area (Å²) >= 11 is 0. The number of piperazine rings is 1. The molecule has 10 heteroatoms. The van der Waals surface area contributed by atoms with Crippen LogP contribution in [0.25, 0.3) is 0 Å². The molecule has 4 atom stereocenters. The van der Waals surface area contributed by atoms with Gasteiger partial charge in [-0.3, -0.25) is 19.2 Å². The van der Waals surface area contributed by atoms with Crippen LogP contribution in [0.15, 0.2) is 60.7 Å². The molecule has 2 saturated heterocycles. The third kappa shape index (κ3) is 7.61. The van der Waals surface area contributed by atoms with Crippen LogP contribution in [0.1, 0.15) is 56.6 Å². The molecule has 44 heavy (non-hydrogen) atoms. The highest BCUT2D eigenvalue weighted by atomic mass is 35.5. The van der Waals surface area contributed by atoms with E-state index in [2.05, 4.69) is 22.8 Å². The highest BCUT2D eigenvalue weighted by Crippen LogP contribution is 2.32. The lowest BCUT2D eigenvalue weighted by molar-refractivity contribution is -0.156. The zero-order chi connectivity index (χ0) is 30.3. The number of benzene rings is 2. The summed E-state index contributed by atoms with van der Waals surface area (Å²) in [6.45, 7) is 2.50. The summed E-state index contributed by atoms with van der Waals surface area (Å²) in [6, 6.07) is 18.1. The number of hydrogen-bond acceptors (Lipinski definition) is 5. The molecule has 9 nitrogen and oxygen atoms in total. The minimum absolute atomic E-state index is 0. The molecule has 0 bridgehead atoms. The second-order valence-electron chi connectivity index (χ2n) is 12.2. The minimum atomic E-state index is -0.701. The molecule has 1 unspecified atom stereocenters. The normalized spacial score (nSPS) is 21.8. The zero-order valence-electron chi connectivity index (χ0n) is 25.8. The van der Waals surface area contributed by atoms with E-state index in [4.69, 9.17) is 0 Å². The third-order valence-corrected chi connectivity index (χ3v) is 9.39. The van der Waals surface area contributed by atoms with Gasteiger partial charge in [-0.05, 0) is 56.7 Å². The molecule has 3 fully saturated rings. The molecule has 3 aliphatic rings. The Kier molecular flexibility index (Phi) is 11.8. The van der Waals surface area contributed by atoms with Gasteiger partial charge in [-0.15, -0.1) is 12.4 Å². The average molecular weight is 624 g/mol. The molecule has 0 aromatic heterocycles. The maximum atomic E-state index is 14.4. The van der Waals surface area contributed by atoms with Crippen molar-refractivity contribution in [1.82, 2.24) is 25.3 Å². The van der Waals surface area contributed by atoms with Gasteiger partial charge in [0.1, 0.15) is 24.8 Å². The van der Waals surface area contributed by atoms with E-state index in [1.54, 1.807) is 23.8 Å². The molecule has 5 rings (SSSR count). The monoisotopic (exact) mass is 623 g/mol. The maximum absolute atomic E-state index is 14.4. The molecule has 2 aromatic carbocycles. The SMILES string of the molecule is CNC(C)C(=O)N[C@H](C(=O)N1CC(=O)N2[C@@H]1CN(CCCc1ccccc1)C(=O)[C@@H]2Cc1ccccc1)C1CCCCC1.Cl. The van der Waals surface area contributed by atoms with Gasteiger partial charge >= 0.3 is 0 Å². The first-order valence-electron chi connectivity index (χ1n) is 15.8. The highest BCUT2D eigenvalue weighted by molar-refractivity contribution is 5.97. The largest absolute Gasteiger partial charge is 0.343 e. The van der Waals surface area contributed by atoms with Crippen LogP contribution in [0.4, 0.5) is 0 Å². The highest BCUT2D eigenvalue weighted by Gasteiger charge is 2.52. The molecule has 2 N–H and O–H groups in total. The van der Waals surface area contributed by atoms with Crippen molar-refractivity contribution in [2.24, 2.45) is 5.92 Å². The third-order valence-electron chi connectivity index (χ3n) is 9.39. The molecule has 2 heterocycles. The average Bonchev–Trinajstić information content (AvgIpc) is 3.37. The first-order valence-corrected chi connectivity index (χ1v) is 15.8. The van der Waals surface area contributed by atoms with Gasteiger partial charge in [0.05, 0.1) is 12.6 Å². The van der Waals surface area contributed by atoms with Crippen molar-refractivity contribution in [2.75, 3.05) is 26.7 Å². The van der Waals surface area contributed by atoms with E-state index in [1.165, 1.54) is 5.56 Å². The molecule has 0 spiro atoms. The van der Waals surface area contributed by atoms with Gasteiger partial charge < -0.3 is 25.3 Å². The number of fused-ring (bicyclic) bond motifs is 1. The van der Waals surface area contributed by atoms with E-state index in [0.717, 1.165) is 50.5 Å². The lowest BCUT2D eigenvalue weighted by Crippen LogP contribution is -2.65. The second kappa shape index (κ2) is 15.5. The van der Waals surface area contributed by atoms with Crippen molar-refractivity contribution in [2.45, 2.75) is 82.6 Å². The number of nitrogens with zero attached hydrogens (tertiary/aromatic N) is 3. The Morgan fingerprint density at radius 3 is 2.20 bits per heavy atom. The number of aryl methyl sites for hydroxylation is 1. The molecule has 2 aromatic rings. The number of likely N-dealkylation sites (N-methyl/N-ethyl adjacent to an activating group) is 1. The zero-order valence-corrected chi connectivity index (χ0v) is 26.6. The van der Waals surface area contributed by atoms with Crippen molar-refractivity contribution < 1.29 is 19.2 Å². The minimum Gasteiger partial charge on any atom is -0.343 e. The van der Waals surface area contributed by atoms with Crippen LogP contribution >= 0.6 is 12.4 Å². The first-order chi connectivity index (χ1) is 20.9. The topological polar surface area (TPSA) is 102 Å². The summed E-state index contributed by atoms with van der Waals surface area (Å²) in [5, 5.41) is 6.01. The van der Waals surface area contributed by atoms with Crippen molar-refractivity contribution in [3.8, 4) is 0 Å². The fraction of sp³-hybridized carbons (Fsp3) is 0.529. The summed E-state index contributed by atoms with van der Waals surface area (Å²) in [5.74, 6) is -0.714. The maximum Gasteiger partial charge on any atom is 0.247 e. The van der Waals surface area contributed by atoms with Crippen LogP contribution in [0.5, 0.6) is 0 Å². The smallest absolute Gasteiger partial charge is 0.247 e. The second-order valence-corrected chi connectivity index (χ2v) is 12.2. The van der Waals surface area contributed by atoms with Crippen molar-refractivity contribution in [3.05, 3.63) is 71.8 Å². The number of hydrogen-bond donors (Lipinski definition) is 2. The fourth-order valence-corrected chi connectivity index (χ4v) is 6.84. The molecule has 4 amide bonds. The van der Waals surface area contributed by atoms with Gasteiger partial charge in [0.2, 0.25) is 23.6 Å². The van der Waals surface area contributed by atoms with E-state index in [1.807, 2.05) is 53.4 Å². The summed E-state index contributed by atoms with van der Waals surface area (Å²) in [4.78, 5) is 60.0. The Labute approximate surface area is 267 Å². The summed E-state index contributed by atoms with van der Waals surface area (Å²) in [7, 11) is 1.72. The Balaban J connectivity index is 0.00000442. The summed E-state index contributed by atoms with van der Waals surface area (Å²) in [6.07, 6.45) is 6.33. The Bertz CT molecular complexity index is 1270. The number of nitrogens with one attached hydrogen (secondary N) is 2. The molecule has 1 aliphatic carbocycles. The van der Waals surface area contributed by atoms with Crippen molar-refractivity contribution in [1.29, 1.82) is 0 Å². The van der Waals surface area contributed by atoms with Gasteiger partial charge in [0.25, 0.3) is 0 Å². The first kappa shape index (κ1) is 33.5. The summed E-state index contributed by atoms with van der Waals surface area (Å²) < 4.78 is 0. The Hall–Kier alpha value is -3.43. The predicted molar refractivity (Wildman–Crippen MR) is 172 cm³/mol. The summed E-state index contributed by atoms with van der Waals surface area (Å²) in [5.41, 5.74) is 2.18. The van der Waals surface area contributed by atoms with Gasteiger partial charge in [-0.25, -0.2) is 0 Å². The van der Waals surface area contributed by atoms with Gasteiger partial charge in [0.15, 0.2) is 0 Å². The lowest BCUT2D eigenvalue weighted by atomic mass is 9.83. The number of carbonyl (C=O) groups is 4. The van der Waals surface area contributed by atoms with Gasteiger partial charge in [-0.1, -0.05) is 79.9 Å². The molecule has 2 aliphatic heterocycles. The number of amides is 4. The van der Waals surface area contributed by atoms with E-state index in [9.17, 15) is 19.2 Å². The lowest BCUT2D eigenvalue weighted by Gasteiger charge is -2.45. The van der Waals surface area contributed by atoms with Gasteiger partial charge in [0, 0.05) is 13.0 Å². The van der Waals surface area contributed by atoms with Crippen molar-refractivity contribution in [3.63, 3.8) is 0 Å².